The number of rotatable bonds is 3. The Hall–Kier alpha value is -1.81. The normalized spacial score (nSPS) is 21.8. The van der Waals surface area contributed by atoms with Crippen molar-refractivity contribution in [3.8, 4) is 0 Å². The first-order valence-electron chi connectivity index (χ1n) is 6.59. The van der Waals surface area contributed by atoms with Crippen molar-refractivity contribution >= 4 is 6.09 Å². The van der Waals surface area contributed by atoms with Crippen molar-refractivity contribution in [2.24, 2.45) is 0 Å². The van der Waals surface area contributed by atoms with Crippen LogP contribution in [0.3, 0.4) is 0 Å². The largest absolute Gasteiger partial charge is 0.445 e. The second-order valence-electron chi connectivity index (χ2n) is 4.84. The second kappa shape index (κ2) is 5.45. The third-order valence-corrected chi connectivity index (χ3v) is 3.45. The topological polar surface area (TPSA) is 42.1 Å². The third kappa shape index (κ3) is 3.15. The van der Waals surface area contributed by atoms with E-state index in [1.807, 2.05) is 30.3 Å². The van der Waals surface area contributed by atoms with Crippen LogP contribution in [0.1, 0.15) is 12.0 Å². The molecular weight excluding hydrogens is 242 g/mol. The average molecular weight is 259 g/mol. The summed E-state index contributed by atoms with van der Waals surface area (Å²) >= 11 is 0. The van der Waals surface area contributed by atoms with Crippen molar-refractivity contribution in [2.45, 2.75) is 19.1 Å². The van der Waals surface area contributed by atoms with Crippen molar-refractivity contribution in [3.05, 3.63) is 47.5 Å². The Kier molecular flexibility index (Phi) is 3.51. The van der Waals surface area contributed by atoms with E-state index in [0.29, 0.717) is 19.3 Å². The minimum atomic E-state index is -0.240. The van der Waals surface area contributed by atoms with Gasteiger partial charge in [0, 0.05) is 13.1 Å². The van der Waals surface area contributed by atoms with E-state index >= 15 is 0 Å². The number of carbonyl (C=O) groups is 1. The SMILES string of the molecule is O=C(OCc1ccccc1)N1CC=C(C2CO2)CC1. The third-order valence-electron chi connectivity index (χ3n) is 3.45. The predicted octanol–water partition coefficient (Wildman–Crippen LogP) is 2.35. The van der Waals surface area contributed by atoms with Gasteiger partial charge in [-0.05, 0) is 17.6 Å². The first-order valence-corrected chi connectivity index (χ1v) is 6.59. The van der Waals surface area contributed by atoms with Crippen LogP contribution in [0.4, 0.5) is 4.79 Å². The average Bonchev–Trinajstić information content (AvgIpc) is 3.31. The highest BCUT2D eigenvalue weighted by Crippen LogP contribution is 2.25. The standard InChI is InChI=1S/C15H17NO3/c17-15(19-10-12-4-2-1-3-5-12)16-8-6-13(7-9-16)14-11-18-14/h1-6,14H,7-11H2. The van der Waals surface area contributed by atoms with Crippen LogP contribution in [0.2, 0.25) is 0 Å². The fourth-order valence-electron chi connectivity index (χ4n) is 2.22. The summed E-state index contributed by atoms with van der Waals surface area (Å²) in [6, 6.07) is 9.73. The summed E-state index contributed by atoms with van der Waals surface area (Å²) in [6.45, 7) is 2.52. The Balaban J connectivity index is 1.48. The quantitative estimate of drug-likeness (QED) is 0.618. The van der Waals surface area contributed by atoms with Gasteiger partial charge in [-0.1, -0.05) is 36.4 Å². The van der Waals surface area contributed by atoms with Crippen molar-refractivity contribution in [1.82, 2.24) is 4.90 Å². The van der Waals surface area contributed by atoms with E-state index in [-0.39, 0.29) is 6.09 Å². The van der Waals surface area contributed by atoms with Gasteiger partial charge >= 0.3 is 6.09 Å². The van der Waals surface area contributed by atoms with E-state index in [9.17, 15) is 4.79 Å². The summed E-state index contributed by atoms with van der Waals surface area (Å²) in [4.78, 5) is 13.6. The Bertz CT molecular complexity index is 479. The molecule has 0 radical (unpaired) electrons. The molecule has 0 aliphatic carbocycles. The van der Waals surface area contributed by atoms with E-state index in [0.717, 1.165) is 25.1 Å². The van der Waals surface area contributed by atoms with Gasteiger partial charge in [0.25, 0.3) is 0 Å². The molecular formula is C15H17NO3. The highest BCUT2D eigenvalue weighted by atomic mass is 16.6. The van der Waals surface area contributed by atoms with Crippen LogP contribution in [-0.2, 0) is 16.1 Å². The molecule has 2 aliphatic rings. The zero-order chi connectivity index (χ0) is 13.1. The summed E-state index contributed by atoms with van der Waals surface area (Å²) in [6.07, 6.45) is 3.06. The zero-order valence-electron chi connectivity index (χ0n) is 10.7. The van der Waals surface area contributed by atoms with Gasteiger partial charge < -0.3 is 14.4 Å². The second-order valence-corrected chi connectivity index (χ2v) is 4.84. The fraction of sp³-hybridized carbons (Fsp3) is 0.400. The minimum Gasteiger partial charge on any atom is -0.445 e. The molecule has 1 amide bonds. The Morgan fingerprint density at radius 3 is 2.79 bits per heavy atom. The van der Waals surface area contributed by atoms with Crippen LogP contribution in [0, 0.1) is 0 Å². The molecule has 0 aromatic heterocycles. The summed E-state index contributed by atoms with van der Waals surface area (Å²) in [7, 11) is 0. The smallest absolute Gasteiger partial charge is 0.410 e. The lowest BCUT2D eigenvalue weighted by molar-refractivity contribution is 0.0987. The molecule has 100 valence electrons. The molecule has 0 bridgehead atoms. The van der Waals surface area contributed by atoms with Gasteiger partial charge in [0.1, 0.15) is 12.7 Å². The number of hydrogen-bond acceptors (Lipinski definition) is 3. The van der Waals surface area contributed by atoms with Crippen LogP contribution >= 0.6 is 0 Å². The van der Waals surface area contributed by atoms with Crippen molar-refractivity contribution in [3.63, 3.8) is 0 Å². The predicted molar refractivity (Wildman–Crippen MR) is 70.6 cm³/mol. The maximum atomic E-state index is 11.9. The number of benzene rings is 1. The molecule has 0 spiro atoms. The van der Waals surface area contributed by atoms with Crippen LogP contribution in [-0.4, -0.2) is 36.8 Å². The Morgan fingerprint density at radius 2 is 2.16 bits per heavy atom. The molecule has 0 saturated carbocycles. The maximum Gasteiger partial charge on any atom is 0.410 e. The van der Waals surface area contributed by atoms with E-state index in [2.05, 4.69) is 6.08 Å². The molecule has 1 atom stereocenters. The first-order chi connectivity index (χ1) is 9.33. The summed E-state index contributed by atoms with van der Waals surface area (Å²) in [5.41, 5.74) is 2.34. The molecule has 1 unspecified atom stereocenters. The fourth-order valence-corrected chi connectivity index (χ4v) is 2.22. The highest BCUT2D eigenvalue weighted by Gasteiger charge is 2.30. The molecule has 1 fully saturated rings. The summed E-state index contributed by atoms with van der Waals surface area (Å²) in [5.74, 6) is 0. The number of ether oxygens (including phenoxy) is 2. The molecule has 2 aliphatic heterocycles. The van der Waals surface area contributed by atoms with Gasteiger partial charge in [-0.15, -0.1) is 0 Å². The van der Waals surface area contributed by atoms with E-state index in [4.69, 9.17) is 9.47 Å². The highest BCUT2D eigenvalue weighted by molar-refractivity contribution is 5.68. The van der Waals surface area contributed by atoms with Gasteiger partial charge in [0.2, 0.25) is 0 Å². The molecule has 1 aromatic rings. The van der Waals surface area contributed by atoms with Gasteiger partial charge in [-0.2, -0.15) is 0 Å². The lowest BCUT2D eigenvalue weighted by atomic mass is 10.1. The van der Waals surface area contributed by atoms with Gasteiger partial charge in [0.05, 0.1) is 6.61 Å². The Morgan fingerprint density at radius 1 is 1.37 bits per heavy atom. The zero-order valence-corrected chi connectivity index (χ0v) is 10.7. The van der Waals surface area contributed by atoms with Crippen LogP contribution in [0.5, 0.6) is 0 Å². The molecule has 1 saturated heterocycles. The van der Waals surface area contributed by atoms with Crippen LogP contribution in [0.15, 0.2) is 42.0 Å². The van der Waals surface area contributed by atoms with Crippen molar-refractivity contribution in [2.75, 3.05) is 19.7 Å². The van der Waals surface area contributed by atoms with Crippen molar-refractivity contribution in [1.29, 1.82) is 0 Å². The van der Waals surface area contributed by atoms with Gasteiger partial charge in [0.15, 0.2) is 0 Å². The number of epoxide rings is 1. The lowest BCUT2D eigenvalue weighted by Gasteiger charge is -2.25. The number of carbonyl (C=O) groups excluding carboxylic acids is 1. The first kappa shape index (κ1) is 12.2. The molecule has 19 heavy (non-hydrogen) atoms. The molecule has 1 aromatic carbocycles. The summed E-state index contributed by atoms with van der Waals surface area (Å²) < 4.78 is 10.6. The number of hydrogen-bond donors (Lipinski definition) is 0. The molecule has 2 heterocycles. The molecule has 4 nitrogen and oxygen atoms in total. The van der Waals surface area contributed by atoms with Crippen LogP contribution in [0.25, 0.3) is 0 Å². The molecule has 4 heteroatoms. The number of amides is 1. The van der Waals surface area contributed by atoms with E-state index in [1.54, 1.807) is 4.90 Å². The minimum absolute atomic E-state index is 0.240. The van der Waals surface area contributed by atoms with E-state index in [1.165, 1.54) is 5.57 Å². The molecule has 0 N–H and O–H groups in total. The maximum absolute atomic E-state index is 11.9. The molecule has 3 rings (SSSR count). The van der Waals surface area contributed by atoms with Gasteiger partial charge in [-0.3, -0.25) is 0 Å². The van der Waals surface area contributed by atoms with Crippen LogP contribution < -0.4 is 0 Å². The Labute approximate surface area is 112 Å². The number of nitrogens with zero attached hydrogens (tertiary/aromatic N) is 1. The summed E-state index contributed by atoms with van der Waals surface area (Å²) in [5, 5.41) is 0. The lowest BCUT2D eigenvalue weighted by Crippen LogP contribution is -2.35. The van der Waals surface area contributed by atoms with E-state index < -0.39 is 0 Å². The van der Waals surface area contributed by atoms with Gasteiger partial charge in [-0.25, -0.2) is 4.79 Å². The van der Waals surface area contributed by atoms with Crippen molar-refractivity contribution < 1.29 is 14.3 Å². The monoisotopic (exact) mass is 259 g/mol.